The van der Waals surface area contributed by atoms with Gasteiger partial charge in [-0.2, -0.15) is 0 Å². The van der Waals surface area contributed by atoms with Crippen LogP contribution in [0.15, 0.2) is 23.7 Å². The Morgan fingerprint density at radius 2 is 2.44 bits per heavy atom. The van der Waals surface area contributed by atoms with Crippen LogP contribution < -0.4 is 10.6 Å². The molecule has 0 radical (unpaired) electrons. The Hall–Kier alpha value is -1.85. The van der Waals surface area contributed by atoms with Crippen molar-refractivity contribution in [3.05, 3.63) is 18.6 Å². The first-order valence-corrected chi connectivity index (χ1v) is 5.30. The molecule has 0 atom stereocenters. The van der Waals surface area contributed by atoms with Crippen LogP contribution in [0, 0.1) is 0 Å². The molecule has 1 saturated carbocycles. The van der Waals surface area contributed by atoms with E-state index in [2.05, 4.69) is 20.0 Å². The maximum Gasteiger partial charge on any atom is 0.140 e. The quantitative estimate of drug-likeness (QED) is 0.329. The largest absolute Gasteiger partial charge is 0.409 e. The summed E-state index contributed by atoms with van der Waals surface area (Å²) >= 11 is 0. The molecule has 1 heterocycles. The van der Waals surface area contributed by atoms with Gasteiger partial charge < -0.3 is 15.8 Å². The molecule has 0 aliphatic heterocycles. The number of nitrogens with two attached hydrogens (primary N) is 1. The zero-order valence-corrected chi connectivity index (χ0v) is 8.95. The average Bonchev–Trinajstić information content (AvgIpc) is 3.15. The molecule has 0 spiro atoms. The Balaban J connectivity index is 2.01. The van der Waals surface area contributed by atoms with Crippen LogP contribution in [0.2, 0.25) is 0 Å². The highest BCUT2D eigenvalue weighted by Crippen LogP contribution is 2.30. The Morgan fingerprint density at radius 3 is 3.00 bits per heavy atom. The zero-order valence-electron chi connectivity index (χ0n) is 8.95. The lowest BCUT2D eigenvalue weighted by molar-refractivity contribution is 0.317. The molecular formula is C10H15N5O. The van der Waals surface area contributed by atoms with E-state index in [4.69, 9.17) is 10.9 Å². The predicted octanol–water partition coefficient (Wildman–Crippen LogP) is 0.582. The average molecular weight is 221 g/mol. The number of hydrogen-bond donors (Lipinski definition) is 2. The fourth-order valence-corrected chi connectivity index (χ4v) is 1.61. The Kier molecular flexibility index (Phi) is 3.19. The molecular weight excluding hydrogens is 206 g/mol. The van der Waals surface area contributed by atoms with Crippen molar-refractivity contribution in [2.75, 3.05) is 11.4 Å². The summed E-state index contributed by atoms with van der Waals surface area (Å²) in [6, 6.07) is 2.42. The lowest BCUT2D eigenvalue weighted by Gasteiger charge is -2.22. The molecule has 2 rings (SSSR count). The summed E-state index contributed by atoms with van der Waals surface area (Å²) in [7, 11) is 0. The minimum absolute atomic E-state index is 0.250. The van der Waals surface area contributed by atoms with Crippen LogP contribution in [0.25, 0.3) is 0 Å². The minimum Gasteiger partial charge on any atom is -0.409 e. The normalized spacial score (nSPS) is 16.1. The smallest absolute Gasteiger partial charge is 0.140 e. The van der Waals surface area contributed by atoms with E-state index in [-0.39, 0.29) is 5.84 Å². The second-order valence-corrected chi connectivity index (χ2v) is 3.83. The maximum absolute atomic E-state index is 8.49. The summed E-state index contributed by atoms with van der Waals surface area (Å²) < 4.78 is 0. The van der Waals surface area contributed by atoms with Crippen LogP contribution in [0.1, 0.15) is 19.3 Å². The predicted molar refractivity (Wildman–Crippen MR) is 60.4 cm³/mol. The van der Waals surface area contributed by atoms with Gasteiger partial charge in [0.2, 0.25) is 0 Å². The van der Waals surface area contributed by atoms with Crippen molar-refractivity contribution in [1.82, 2.24) is 9.97 Å². The summed E-state index contributed by atoms with van der Waals surface area (Å²) in [6.07, 6.45) is 6.16. The topological polar surface area (TPSA) is 87.6 Å². The highest BCUT2D eigenvalue weighted by molar-refractivity contribution is 5.80. The third-order valence-electron chi connectivity index (χ3n) is 2.59. The van der Waals surface area contributed by atoms with Crippen LogP contribution >= 0.6 is 0 Å². The number of oxime groups is 1. The van der Waals surface area contributed by atoms with Gasteiger partial charge in [-0.05, 0) is 18.9 Å². The van der Waals surface area contributed by atoms with Crippen LogP contribution in [0.5, 0.6) is 0 Å². The monoisotopic (exact) mass is 221 g/mol. The first kappa shape index (κ1) is 10.7. The van der Waals surface area contributed by atoms with Gasteiger partial charge in [0.25, 0.3) is 0 Å². The van der Waals surface area contributed by atoms with Crippen LogP contribution in [-0.4, -0.2) is 33.6 Å². The van der Waals surface area contributed by atoms with Gasteiger partial charge in [-0.1, -0.05) is 5.16 Å². The number of nitrogens with zero attached hydrogens (tertiary/aromatic N) is 4. The van der Waals surface area contributed by atoms with Gasteiger partial charge >= 0.3 is 0 Å². The van der Waals surface area contributed by atoms with Crippen molar-refractivity contribution >= 4 is 11.7 Å². The maximum atomic E-state index is 8.49. The molecule has 1 aromatic heterocycles. The zero-order chi connectivity index (χ0) is 11.4. The van der Waals surface area contributed by atoms with E-state index in [0.717, 1.165) is 12.4 Å². The van der Waals surface area contributed by atoms with Gasteiger partial charge in [-0.15, -0.1) is 0 Å². The lowest BCUT2D eigenvalue weighted by atomic mass is 10.3. The summed E-state index contributed by atoms with van der Waals surface area (Å²) in [4.78, 5) is 10.3. The molecule has 0 saturated heterocycles. The second kappa shape index (κ2) is 4.78. The highest BCUT2D eigenvalue weighted by Gasteiger charge is 2.29. The molecule has 6 nitrogen and oxygen atoms in total. The number of hydrogen-bond acceptors (Lipinski definition) is 5. The first-order chi connectivity index (χ1) is 7.81. The van der Waals surface area contributed by atoms with E-state index < -0.39 is 0 Å². The fraction of sp³-hybridized carbons (Fsp3) is 0.500. The standard InChI is InChI=1S/C10H15N5O/c11-9(14-16)4-6-15(8-1-2-8)10-3-5-12-7-13-10/h3,5,7-8,16H,1-2,4,6H2,(H2,11,14). The van der Waals surface area contributed by atoms with E-state index in [1.54, 1.807) is 6.20 Å². The molecule has 1 aliphatic rings. The highest BCUT2D eigenvalue weighted by atomic mass is 16.4. The van der Waals surface area contributed by atoms with Crippen molar-refractivity contribution < 1.29 is 5.21 Å². The van der Waals surface area contributed by atoms with Crippen molar-refractivity contribution in [2.24, 2.45) is 10.9 Å². The van der Waals surface area contributed by atoms with Gasteiger partial charge in [0.15, 0.2) is 0 Å². The molecule has 6 heteroatoms. The summed E-state index contributed by atoms with van der Waals surface area (Å²) in [5.41, 5.74) is 5.46. The molecule has 3 N–H and O–H groups in total. The molecule has 1 aromatic rings. The van der Waals surface area contributed by atoms with Crippen LogP contribution in [-0.2, 0) is 0 Å². The third-order valence-corrected chi connectivity index (χ3v) is 2.59. The van der Waals surface area contributed by atoms with Gasteiger partial charge in [0, 0.05) is 25.2 Å². The van der Waals surface area contributed by atoms with Gasteiger partial charge in [-0.3, -0.25) is 0 Å². The molecule has 0 amide bonds. The van der Waals surface area contributed by atoms with Gasteiger partial charge in [-0.25, -0.2) is 9.97 Å². The molecule has 0 unspecified atom stereocenters. The number of amidine groups is 1. The Morgan fingerprint density at radius 1 is 1.62 bits per heavy atom. The molecule has 1 aliphatic carbocycles. The summed E-state index contributed by atoms with van der Waals surface area (Å²) in [5, 5.41) is 11.5. The fourth-order valence-electron chi connectivity index (χ4n) is 1.61. The van der Waals surface area contributed by atoms with E-state index in [9.17, 15) is 0 Å². The van der Waals surface area contributed by atoms with Crippen molar-refractivity contribution in [1.29, 1.82) is 0 Å². The van der Waals surface area contributed by atoms with Crippen LogP contribution in [0.4, 0.5) is 5.82 Å². The number of rotatable bonds is 5. The molecule has 0 bridgehead atoms. The van der Waals surface area contributed by atoms with E-state index in [0.29, 0.717) is 12.5 Å². The molecule has 16 heavy (non-hydrogen) atoms. The van der Waals surface area contributed by atoms with Gasteiger partial charge in [0.1, 0.15) is 18.0 Å². The van der Waals surface area contributed by atoms with Crippen molar-refractivity contribution in [3.8, 4) is 0 Å². The molecule has 86 valence electrons. The number of anilines is 1. The first-order valence-electron chi connectivity index (χ1n) is 5.30. The lowest BCUT2D eigenvalue weighted by Crippen LogP contribution is -2.30. The molecule has 1 fully saturated rings. The third kappa shape index (κ3) is 2.59. The molecule has 0 aromatic carbocycles. The summed E-state index contributed by atoms with van der Waals surface area (Å²) in [6.45, 7) is 0.720. The van der Waals surface area contributed by atoms with E-state index >= 15 is 0 Å². The van der Waals surface area contributed by atoms with E-state index in [1.165, 1.54) is 19.2 Å². The van der Waals surface area contributed by atoms with E-state index in [1.807, 2.05) is 6.07 Å². The SMILES string of the molecule is NC(CCN(c1ccncn1)C1CC1)=NO. The van der Waals surface area contributed by atoms with Crippen LogP contribution in [0.3, 0.4) is 0 Å². The minimum atomic E-state index is 0.250. The Bertz CT molecular complexity index is 363. The summed E-state index contributed by atoms with van der Waals surface area (Å²) in [5.74, 6) is 1.16. The second-order valence-electron chi connectivity index (χ2n) is 3.83. The number of aromatic nitrogens is 2. The Labute approximate surface area is 93.8 Å². The van der Waals surface area contributed by atoms with Crippen molar-refractivity contribution in [3.63, 3.8) is 0 Å². The van der Waals surface area contributed by atoms with Gasteiger partial charge in [0.05, 0.1) is 0 Å². The van der Waals surface area contributed by atoms with Crippen molar-refractivity contribution in [2.45, 2.75) is 25.3 Å².